The average Bonchev–Trinajstić information content (AvgIpc) is 3.62. The molecule has 6 nitrogen and oxygen atoms in total. The smallest absolute Gasteiger partial charge is 0.251 e. The standard InChI is InChI=1S/C28H28N4O2/c1-16(2)30-28-29-15-19-13-23(24(14-25(19)32-28)21-6-4-5-7-26(21)33)22-12-18(9-8-17(22)3)27(34)31-20-10-11-20/h4-9,12-16,20,33H,10-11H2,1-3H3,(H,31,34)(H,29,30,32). The predicted molar refractivity (Wildman–Crippen MR) is 136 cm³/mol. The van der Waals surface area contributed by atoms with Gasteiger partial charge in [0.1, 0.15) is 5.75 Å². The lowest BCUT2D eigenvalue weighted by Crippen LogP contribution is -2.25. The van der Waals surface area contributed by atoms with E-state index >= 15 is 0 Å². The van der Waals surface area contributed by atoms with E-state index < -0.39 is 0 Å². The summed E-state index contributed by atoms with van der Waals surface area (Å²) in [5.41, 5.74) is 5.86. The number of carbonyl (C=O) groups excluding carboxylic acids is 1. The molecule has 0 aliphatic heterocycles. The predicted octanol–water partition coefficient (Wildman–Crippen LogP) is 5.69. The molecule has 6 heteroatoms. The van der Waals surface area contributed by atoms with Crippen molar-refractivity contribution in [2.45, 2.75) is 45.7 Å². The number of nitrogens with one attached hydrogen (secondary N) is 2. The molecule has 5 rings (SSSR count). The fraction of sp³-hybridized carbons (Fsp3) is 0.250. The number of para-hydroxylation sites is 1. The monoisotopic (exact) mass is 452 g/mol. The summed E-state index contributed by atoms with van der Waals surface area (Å²) >= 11 is 0. The number of rotatable bonds is 6. The van der Waals surface area contributed by atoms with Gasteiger partial charge in [0.05, 0.1) is 5.52 Å². The lowest BCUT2D eigenvalue weighted by Gasteiger charge is -2.17. The number of phenolic OH excluding ortho intramolecular Hbond substituents is 1. The summed E-state index contributed by atoms with van der Waals surface area (Å²) in [5, 5.41) is 17.9. The van der Waals surface area contributed by atoms with Gasteiger partial charge in [0.2, 0.25) is 5.95 Å². The summed E-state index contributed by atoms with van der Waals surface area (Å²) in [4.78, 5) is 21.9. The molecular formula is C28H28N4O2. The Balaban J connectivity index is 1.70. The molecule has 0 spiro atoms. The molecule has 0 unspecified atom stereocenters. The Morgan fingerprint density at radius 2 is 1.76 bits per heavy atom. The fourth-order valence-corrected chi connectivity index (χ4v) is 4.10. The van der Waals surface area contributed by atoms with E-state index in [1.54, 1.807) is 12.1 Å². The quantitative estimate of drug-likeness (QED) is 0.350. The van der Waals surface area contributed by atoms with Gasteiger partial charge in [-0.05, 0) is 86.2 Å². The van der Waals surface area contributed by atoms with Gasteiger partial charge in [0, 0.05) is 34.8 Å². The topological polar surface area (TPSA) is 87.1 Å². The molecule has 0 saturated heterocycles. The van der Waals surface area contributed by atoms with Gasteiger partial charge in [-0.15, -0.1) is 0 Å². The number of aryl methyl sites for hydroxylation is 1. The minimum Gasteiger partial charge on any atom is -0.507 e. The van der Waals surface area contributed by atoms with Gasteiger partial charge in [0.15, 0.2) is 0 Å². The van der Waals surface area contributed by atoms with Crippen molar-refractivity contribution in [1.82, 2.24) is 15.3 Å². The van der Waals surface area contributed by atoms with Crippen molar-refractivity contribution in [2.75, 3.05) is 5.32 Å². The van der Waals surface area contributed by atoms with Crippen molar-refractivity contribution in [3.63, 3.8) is 0 Å². The van der Waals surface area contributed by atoms with E-state index in [4.69, 9.17) is 4.98 Å². The molecule has 4 aromatic rings. The molecule has 0 atom stereocenters. The molecule has 0 bridgehead atoms. The van der Waals surface area contributed by atoms with E-state index in [0.717, 1.165) is 46.0 Å². The van der Waals surface area contributed by atoms with E-state index in [-0.39, 0.29) is 17.7 Å². The van der Waals surface area contributed by atoms with Gasteiger partial charge in [-0.3, -0.25) is 4.79 Å². The third kappa shape index (κ3) is 4.44. The van der Waals surface area contributed by atoms with Crippen LogP contribution in [-0.2, 0) is 0 Å². The summed E-state index contributed by atoms with van der Waals surface area (Å²) in [6.07, 6.45) is 3.89. The first-order chi connectivity index (χ1) is 16.4. The summed E-state index contributed by atoms with van der Waals surface area (Å²) in [7, 11) is 0. The van der Waals surface area contributed by atoms with Gasteiger partial charge in [-0.25, -0.2) is 9.97 Å². The van der Waals surface area contributed by atoms with Crippen LogP contribution in [-0.4, -0.2) is 33.1 Å². The highest BCUT2D eigenvalue weighted by atomic mass is 16.3. The van der Waals surface area contributed by atoms with Gasteiger partial charge < -0.3 is 15.7 Å². The Bertz CT molecular complexity index is 1390. The molecule has 1 aromatic heterocycles. The van der Waals surface area contributed by atoms with Gasteiger partial charge >= 0.3 is 0 Å². The molecule has 172 valence electrons. The van der Waals surface area contributed by atoms with Crippen molar-refractivity contribution < 1.29 is 9.90 Å². The number of fused-ring (bicyclic) bond motifs is 1. The third-order valence-electron chi connectivity index (χ3n) is 6.03. The highest BCUT2D eigenvalue weighted by Gasteiger charge is 2.24. The Hall–Kier alpha value is -3.93. The zero-order chi connectivity index (χ0) is 23.8. The summed E-state index contributed by atoms with van der Waals surface area (Å²) in [5.74, 6) is 0.702. The van der Waals surface area contributed by atoms with E-state index in [2.05, 4.69) is 15.6 Å². The van der Waals surface area contributed by atoms with Crippen LogP contribution in [0.25, 0.3) is 33.2 Å². The average molecular weight is 453 g/mol. The number of aromatic hydroxyl groups is 1. The second-order valence-electron chi connectivity index (χ2n) is 9.24. The van der Waals surface area contributed by atoms with Crippen LogP contribution in [0.15, 0.2) is 60.8 Å². The Morgan fingerprint density at radius 3 is 2.50 bits per heavy atom. The van der Waals surface area contributed by atoms with Crippen molar-refractivity contribution >= 4 is 22.8 Å². The normalized spacial score (nSPS) is 13.3. The van der Waals surface area contributed by atoms with E-state index in [1.807, 2.05) is 69.4 Å². The number of hydrogen-bond donors (Lipinski definition) is 3. The maximum absolute atomic E-state index is 12.8. The maximum atomic E-state index is 12.8. The van der Waals surface area contributed by atoms with Gasteiger partial charge in [-0.1, -0.05) is 24.3 Å². The molecule has 1 amide bonds. The molecule has 0 radical (unpaired) electrons. The molecule has 3 aromatic carbocycles. The second kappa shape index (κ2) is 8.78. The van der Waals surface area contributed by atoms with Crippen LogP contribution in [0, 0.1) is 6.92 Å². The molecular weight excluding hydrogens is 424 g/mol. The second-order valence-corrected chi connectivity index (χ2v) is 9.24. The van der Waals surface area contributed by atoms with Crippen molar-refractivity contribution in [1.29, 1.82) is 0 Å². The van der Waals surface area contributed by atoms with Gasteiger partial charge in [0.25, 0.3) is 5.91 Å². The summed E-state index contributed by atoms with van der Waals surface area (Å²) in [6.45, 7) is 6.11. The Kier molecular flexibility index (Phi) is 5.65. The van der Waals surface area contributed by atoms with Crippen LogP contribution in [0.1, 0.15) is 42.6 Å². The first-order valence-electron chi connectivity index (χ1n) is 11.7. The molecule has 1 aliphatic carbocycles. The van der Waals surface area contributed by atoms with Crippen molar-refractivity contribution in [3.05, 3.63) is 71.9 Å². The number of phenols is 1. The molecule has 1 aliphatic rings. The number of carbonyl (C=O) groups is 1. The highest BCUT2D eigenvalue weighted by Crippen LogP contribution is 2.40. The minimum absolute atomic E-state index is 0.0543. The highest BCUT2D eigenvalue weighted by molar-refractivity contribution is 6.00. The Morgan fingerprint density at radius 1 is 1.00 bits per heavy atom. The minimum atomic E-state index is -0.0543. The number of nitrogens with zero attached hydrogens (tertiary/aromatic N) is 2. The van der Waals surface area contributed by atoms with Crippen LogP contribution in [0.4, 0.5) is 5.95 Å². The number of amides is 1. The van der Waals surface area contributed by atoms with Gasteiger partial charge in [-0.2, -0.15) is 0 Å². The van der Waals surface area contributed by atoms with Crippen LogP contribution in [0.5, 0.6) is 5.75 Å². The number of benzene rings is 3. The van der Waals surface area contributed by atoms with E-state index in [1.165, 1.54) is 0 Å². The first-order valence-corrected chi connectivity index (χ1v) is 11.7. The molecule has 1 saturated carbocycles. The third-order valence-corrected chi connectivity index (χ3v) is 6.03. The molecule has 3 N–H and O–H groups in total. The largest absolute Gasteiger partial charge is 0.507 e. The molecule has 1 fully saturated rings. The Labute approximate surface area is 199 Å². The maximum Gasteiger partial charge on any atom is 0.251 e. The van der Waals surface area contributed by atoms with E-state index in [0.29, 0.717) is 23.1 Å². The lowest BCUT2D eigenvalue weighted by atomic mass is 9.89. The number of anilines is 1. The zero-order valence-corrected chi connectivity index (χ0v) is 19.6. The fourth-order valence-electron chi connectivity index (χ4n) is 4.10. The van der Waals surface area contributed by atoms with Crippen LogP contribution in [0.3, 0.4) is 0 Å². The van der Waals surface area contributed by atoms with Crippen LogP contribution in [0.2, 0.25) is 0 Å². The van der Waals surface area contributed by atoms with Crippen molar-refractivity contribution in [2.24, 2.45) is 0 Å². The number of hydrogen-bond acceptors (Lipinski definition) is 5. The van der Waals surface area contributed by atoms with E-state index in [9.17, 15) is 9.90 Å². The molecule has 1 heterocycles. The molecule has 34 heavy (non-hydrogen) atoms. The van der Waals surface area contributed by atoms with Crippen LogP contribution >= 0.6 is 0 Å². The summed E-state index contributed by atoms with van der Waals surface area (Å²) < 4.78 is 0. The van der Waals surface area contributed by atoms with Crippen LogP contribution < -0.4 is 10.6 Å². The zero-order valence-electron chi connectivity index (χ0n) is 19.6. The van der Waals surface area contributed by atoms with Crippen molar-refractivity contribution in [3.8, 4) is 28.0 Å². The SMILES string of the molecule is Cc1ccc(C(=O)NC2CC2)cc1-c1cc2cnc(NC(C)C)nc2cc1-c1ccccc1O. The first kappa shape index (κ1) is 21.9. The summed E-state index contributed by atoms with van der Waals surface area (Å²) in [6, 6.07) is 17.6. The number of aromatic nitrogens is 2. The lowest BCUT2D eigenvalue weighted by molar-refractivity contribution is 0.0951.